The highest BCUT2D eigenvalue weighted by atomic mass is 14.9. The van der Waals surface area contributed by atoms with E-state index < -0.39 is 0 Å². The minimum Gasteiger partial charge on any atom is -0.381 e. The Morgan fingerprint density at radius 3 is 2.75 bits per heavy atom. The zero-order valence-corrected chi connectivity index (χ0v) is 12.9. The van der Waals surface area contributed by atoms with Crippen LogP contribution in [-0.2, 0) is 0 Å². The number of fused-ring (bicyclic) bond motifs is 1. The third-order valence-electron chi connectivity index (χ3n) is 3.75. The van der Waals surface area contributed by atoms with E-state index in [0.29, 0.717) is 6.04 Å². The molecule has 0 amide bonds. The van der Waals surface area contributed by atoms with Gasteiger partial charge in [-0.15, -0.1) is 0 Å². The second-order valence-corrected chi connectivity index (χ2v) is 5.72. The number of para-hydroxylation sites is 1. The van der Waals surface area contributed by atoms with Crippen LogP contribution in [0.3, 0.4) is 0 Å². The molecule has 1 heterocycles. The quantitative estimate of drug-likeness (QED) is 0.689. The van der Waals surface area contributed by atoms with Crippen molar-refractivity contribution in [1.82, 2.24) is 4.98 Å². The van der Waals surface area contributed by atoms with Gasteiger partial charge in [-0.1, -0.05) is 50.8 Å². The van der Waals surface area contributed by atoms with Crippen LogP contribution in [0.25, 0.3) is 10.9 Å². The van der Waals surface area contributed by atoms with Crippen molar-refractivity contribution in [3.8, 4) is 0 Å². The lowest BCUT2D eigenvalue weighted by Crippen LogP contribution is -2.15. The predicted molar refractivity (Wildman–Crippen MR) is 88.3 cm³/mol. The van der Waals surface area contributed by atoms with E-state index in [1.54, 1.807) is 0 Å². The molecule has 0 saturated heterocycles. The summed E-state index contributed by atoms with van der Waals surface area (Å²) in [5.74, 6) is 0. The minimum atomic E-state index is 0.500. The third-order valence-corrected chi connectivity index (χ3v) is 3.75. The molecule has 0 aliphatic heterocycles. The van der Waals surface area contributed by atoms with Gasteiger partial charge in [-0.2, -0.15) is 0 Å². The Kier molecular flexibility index (Phi) is 5.40. The Morgan fingerprint density at radius 1 is 1.10 bits per heavy atom. The van der Waals surface area contributed by atoms with Gasteiger partial charge in [0.05, 0.1) is 11.2 Å². The van der Waals surface area contributed by atoms with E-state index >= 15 is 0 Å². The summed E-state index contributed by atoms with van der Waals surface area (Å²) in [6.45, 7) is 6.57. The Balaban J connectivity index is 2.03. The smallest absolute Gasteiger partial charge is 0.0936 e. The van der Waals surface area contributed by atoms with Crippen LogP contribution in [0.1, 0.15) is 51.6 Å². The van der Waals surface area contributed by atoms with Crippen LogP contribution in [0.15, 0.2) is 30.3 Å². The first-order valence-corrected chi connectivity index (χ1v) is 7.83. The van der Waals surface area contributed by atoms with Crippen LogP contribution in [0.4, 0.5) is 5.69 Å². The van der Waals surface area contributed by atoms with Crippen LogP contribution in [-0.4, -0.2) is 11.0 Å². The molecule has 108 valence electrons. The number of aromatic nitrogens is 1. The van der Waals surface area contributed by atoms with E-state index in [9.17, 15) is 0 Å². The molecular weight excluding hydrogens is 244 g/mol. The maximum absolute atomic E-state index is 4.68. The van der Waals surface area contributed by atoms with Crippen molar-refractivity contribution in [2.45, 2.75) is 58.9 Å². The zero-order valence-electron chi connectivity index (χ0n) is 12.9. The number of nitrogens with one attached hydrogen (secondary N) is 1. The molecule has 0 fully saturated rings. The molecule has 0 radical (unpaired) electrons. The lowest BCUT2D eigenvalue weighted by atomic mass is 10.1. The number of aryl methyl sites for hydroxylation is 1. The standard InChI is InChI=1S/C18H26N2/c1-4-5-6-7-9-14(2)19-17-11-8-10-16-13-12-15(3)20-18(16)17/h8,10-14,19H,4-7,9H2,1-3H3. The van der Waals surface area contributed by atoms with Crippen molar-refractivity contribution >= 4 is 16.6 Å². The molecule has 2 nitrogen and oxygen atoms in total. The van der Waals surface area contributed by atoms with Gasteiger partial charge in [-0.05, 0) is 32.4 Å². The molecule has 1 atom stereocenters. The summed E-state index contributed by atoms with van der Waals surface area (Å²) in [4.78, 5) is 4.68. The molecule has 0 bridgehead atoms. The molecule has 0 saturated carbocycles. The fraction of sp³-hybridized carbons (Fsp3) is 0.500. The summed E-state index contributed by atoms with van der Waals surface area (Å²) in [7, 11) is 0. The van der Waals surface area contributed by atoms with E-state index in [1.165, 1.54) is 37.5 Å². The summed E-state index contributed by atoms with van der Waals surface area (Å²) in [6, 6.07) is 11.1. The SMILES string of the molecule is CCCCCCC(C)Nc1cccc2ccc(C)nc12. The largest absolute Gasteiger partial charge is 0.381 e. The number of benzene rings is 1. The number of hydrogen-bond acceptors (Lipinski definition) is 2. The first kappa shape index (κ1) is 14.8. The van der Waals surface area contributed by atoms with Crippen LogP contribution in [0.2, 0.25) is 0 Å². The first-order chi connectivity index (χ1) is 9.70. The van der Waals surface area contributed by atoms with Crippen LogP contribution in [0.5, 0.6) is 0 Å². The predicted octanol–water partition coefficient (Wildman–Crippen LogP) is 5.31. The lowest BCUT2D eigenvalue weighted by molar-refractivity contribution is 0.594. The number of hydrogen-bond donors (Lipinski definition) is 1. The zero-order chi connectivity index (χ0) is 14.4. The Bertz CT molecular complexity index is 548. The van der Waals surface area contributed by atoms with Crippen molar-refractivity contribution in [2.24, 2.45) is 0 Å². The van der Waals surface area contributed by atoms with Crippen molar-refractivity contribution < 1.29 is 0 Å². The van der Waals surface area contributed by atoms with Gasteiger partial charge in [0.15, 0.2) is 0 Å². The van der Waals surface area contributed by atoms with E-state index in [2.05, 4.69) is 54.5 Å². The molecule has 1 unspecified atom stereocenters. The minimum absolute atomic E-state index is 0.500. The summed E-state index contributed by atoms with van der Waals surface area (Å²) in [5, 5.41) is 4.83. The average molecular weight is 270 g/mol. The summed E-state index contributed by atoms with van der Waals surface area (Å²) < 4.78 is 0. The molecule has 0 spiro atoms. The molecule has 20 heavy (non-hydrogen) atoms. The molecule has 1 aromatic heterocycles. The summed E-state index contributed by atoms with van der Waals surface area (Å²) in [6.07, 6.45) is 6.52. The monoisotopic (exact) mass is 270 g/mol. The number of pyridine rings is 1. The molecule has 0 aliphatic rings. The van der Waals surface area contributed by atoms with E-state index in [0.717, 1.165) is 16.9 Å². The summed E-state index contributed by atoms with van der Waals surface area (Å²) >= 11 is 0. The number of unbranched alkanes of at least 4 members (excludes halogenated alkanes) is 3. The normalized spacial score (nSPS) is 12.6. The first-order valence-electron chi connectivity index (χ1n) is 7.83. The van der Waals surface area contributed by atoms with Gasteiger partial charge in [0.1, 0.15) is 0 Å². The molecule has 2 rings (SSSR count). The third kappa shape index (κ3) is 3.96. The van der Waals surface area contributed by atoms with Gasteiger partial charge in [-0.3, -0.25) is 4.98 Å². The Hall–Kier alpha value is -1.57. The second-order valence-electron chi connectivity index (χ2n) is 5.72. The topological polar surface area (TPSA) is 24.9 Å². The van der Waals surface area contributed by atoms with Crippen LogP contribution < -0.4 is 5.32 Å². The molecule has 1 aromatic carbocycles. The van der Waals surface area contributed by atoms with Crippen LogP contribution in [0, 0.1) is 6.92 Å². The van der Waals surface area contributed by atoms with Crippen LogP contribution >= 0.6 is 0 Å². The number of anilines is 1. The molecular formula is C18H26N2. The van der Waals surface area contributed by atoms with Gasteiger partial charge < -0.3 is 5.32 Å². The van der Waals surface area contributed by atoms with Gasteiger partial charge >= 0.3 is 0 Å². The fourth-order valence-corrected chi connectivity index (χ4v) is 2.58. The lowest BCUT2D eigenvalue weighted by Gasteiger charge is -2.16. The Labute approximate surface area is 122 Å². The van der Waals surface area contributed by atoms with Gasteiger partial charge in [0.2, 0.25) is 0 Å². The Morgan fingerprint density at radius 2 is 1.95 bits per heavy atom. The van der Waals surface area contributed by atoms with Gasteiger partial charge in [-0.25, -0.2) is 0 Å². The number of rotatable bonds is 7. The maximum Gasteiger partial charge on any atom is 0.0936 e. The van der Waals surface area contributed by atoms with E-state index in [-0.39, 0.29) is 0 Å². The molecule has 1 N–H and O–H groups in total. The molecule has 2 heteroatoms. The van der Waals surface area contributed by atoms with Gasteiger partial charge in [0, 0.05) is 17.1 Å². The van der Waals surface area contributed by atoms with Crippen molar-refractivity contribution in [3.63, 3.8) is 0 Å². The van der Waals surface area contributed by atoms with E-state index in [1.807, 2.05) is 6.92 Å². The second kappa shape index (κ2) is 7.28. The van der Waals surface area contributed by atoms with Gasteiger partial charge in [0.25, 0.3) is 0 Å². The van der Waals surface area contributed by atoms with Crippen molar-refractivity contribution in [2.75, 3.05) is 5.32 Å². The highest BCUT2D eigenvalue weighted by Crippen LogP contribution is 2.23. The fourth-order valence-electron chi connectivity index (χ4n) is 2.58. The maximum atomic E-state index is 4.68. The molecule has 2 aromatic rings. The van der Waals surface area contributed by atoms with Crippen molar-refractivity contribution in [1.29, 1.82) is 0 Å². The number of nitrogens with zero attached hydrogens (tertiary/aromatic N) is 1. The van der Waals surface area contributed by atoms with Crippen molar-refractivity contribution in [3.05, 3.63) is 36.0 Å². The highest BCUT2D eigenvalue weighted by Gasteiger charge is 2.06. The average Bonchev–Trinajstić information content (AvgIpc) is 2.44. The van der Waals surface area contributed by atoms with E-state index in [4.69, 9.17) is 0 Å². The highest BCUT2D eigenvalue weighted by molar-refractivity contribution is 5.90. The summed E-state index contributed by atoms with van der Waals surface area (Å²) in [5.41, 5.74) is 3.32. The molecule has 0 aliphatic carbocycles.